The number of nitrogens with one attached hydrogen (secondary N) is 7. The first-order chi connectivity index (χ1) is 32.0. The summed E-state index contributed by atoms with van der Waals surface area (Å²) < 4.78 is -0.750. The van der Waals surface area contributed by atoms with Crippen molar-refractivity contribution in [3.63, 3.8) is 0 Å². The molecule has 23 heteroatoms. The summed E-state index contributed by atoms with van der Waals surface area (Å²) in [7, 11) is 0. The van der Waals surface area contributed by atoms with Crippen LogP contribution < -0.4 is 43.0 Å². The Morgan fingerprint density at radius 2 is 1.27 bits per heavy atom. The molecule has 5 aliphatic heterocycles. The fourth-order valence-electron chi connectivity index (χ4n) is 7.67. The summed E-state index contributed by atoms with van der Waals surface area (Å²) >= 11 is 18.2. The van der Waals surface area contributed by atoms with E-state index in [-0.39, 0.29) is 79.3 Å². The van der Waals surface area contributed by atoms with Crippen LogP contribution in [-0.4, -0.2) is 129 Å². The molecular weight excluding hydrogens is 969 g/mol. The monoisotopic (exact) mass is 1040 g/mol. The molecule has 0 radical (unpaired) electrons. The molecule has 0 aromatic heterocycles. The number of unbranched alkanes of at least 4 members (excludes halogenated alkanes) is 6. The number of amides is 9. The van der Waals surface area contributed by atoms with Gasteiger partial charge in [0.2, 0.25) is 17.7 Å². The number of alkyl halides is 3. The molecule has 376 valence electrons. The Hall–Kier alpha value is -3.79. The fourth-order valence-corrected chi connectivity index (χ4v) is 10.9. The minimum absolute atomic E-state index is 0.0179. The molecule has 0 aromatic carbocycles. The fraction of sp³-hybridized carbons (Fsp3) is 0.727. The molecule has 0 bridgehead atoms. The van der Waals surface area contributed by atoms with Crippen LogP contribution in [0, 0.1) is 24.7 Å². The topological polar surface area (TPSA) is 259 Å². The number of nitrogens with zero attached hydrogens (tertiary/aromatic N) is 1. The van der Waals surface area contributed by atoms with Gasteiger partial charge in [-0.05, 0) is 58.3 Å². The van der Waals surface area contributed by atoms with Crippen molar-refractivity contribution in [1.29, 1.82) is 0 Å². The van der Waals surface area contributed by atoms with Crippen molar-refractivity contribution < 1.29 is 43.2 Å². The number of carbonyl (C=O) groups excluding carboxylic acids is 8. The Bertz CT molecular complexity index is 1700. The summed E-state index contributed by atoms with van der Waals surface area (Å²) in [5.41, 5.74) is 4.66. The van der Waals surface area contributed by atoms with Crippen LogP contribution in [0.4, 0.5) is 9.59 Å². The first kappa shape index (κ1) is 59.3. The van der Waals surface area contributed by atoms with E-state index in [9.17, 15) is 38.4 Å². The van der Waals surface area contributed by atoms with Crippen LogP contribution in [-0.2, 0) is 33.6 Å². The molecule has 0 aromatic rings. The first-order valence-electron chi connectivity index (χ1n) is 22.8. The summed E-state index contributed by atoms with van der Waals surface area (Å²) in [4.78, 5) is 97.4. The zero-order valence-electron chi connectivity index (χ0n) is 38.2. The Balaban J connectivity index is 0.000000398. The third-order valence-corrected chi connectivity index (χ3v) is 14.3. The molecule has 5 fully saturated rings. The molecule has 9 amide bonds. The van der Waals surface area contributed by atoms with Gasteiger partial charge >= 0.3 is 18.0 Å². The number of thioether (sulfide) groups is 2. The van der Waals surface area contributed by atoms with Gasteiger partial charge in [-0.2, -0.15) is 23.5 Å². The quantitative estimate of drug-likeness (QED) is 0.0224. The highest BCUT2D eigenvalue weighted by Gasteiger charge is 2.51. The van der Waals surface area contributed by atoms with Crippen LogP contribution in [0.3, 0.4) is 0 Å². The van der Waals surface area contributed by atoms with Crippen LogP contribution >= 0.6 is 58.3 Å². The highest BCUT2D eigenvalue weighted by molar-refractivity contribution is 8.00. The Kier molecular flexibility index (Phi) is 29.8. The molecule has 5 heterocycles. The van der Waals surface area contributed by atoms with Crippen molar-refractivity contribution in [2.75, 3.05) is 37.7 Å². The molecule has 18 nitrogen and oxygen atoms in total. The minimum Gasteiger partial charge on any atom is -0.356 e. The molecule has 5 saturated heterocycles. The molecular formula is C44H68Cl3N9O9S2. The van der Waals surface area contributed by atoms with Crippen molar-refractivity contribution in [2.24, 2.45) is 5.73 Å². The lowest BCUT2D eigenvalue weighted by molar-refractivity contribution is -0.197. The number of imide groups is 1. The van der Waals surface area contributed by atoms with Crippen molar-refractivity contribution in [3.05, 3.63) is 0 Å². The van der Waals surface area contributed by atoms with Crippen molar-refractivity contribution >= 4 is 106 Å². The minimum atomic E-state index is -0.750. The predicted molar refractivity (Wildman–Crippen MR) is 264 cm³/mol. The number of hydrogen-bond donors (Lipinski definition) is 8. The lowest BCUT2D eigenvalue weighted by Crippen LogP contribution is -2.47. The van der Waals surface area contributed by atoms with Crippen molar-refractivity contribution in [3.8, 4) is 24.7 Å². The van der Waals surface area contributed by atoms with E-state index in [0.717, 1.165) is 82.1 Å². The van der Waals surface area contributed by atoms with Gasteiger partial charge in [0.05, 0.1) is 36.8 Å². The number of hydroxylamine groups is 2. The number of urea groups is 2. The molecule has 2 unspecified atom stereocenters. The number of rotatable bonds is 24. The molecule has 67 heavy (non-hydrogen) atoms. The van der Waals surface area contributed by atoms with E-state index in [4.69, 9.17) is 51.8 Å². The zero-order chi connectivity index (χ0) is 49.6. The van der Waals surface area contributed by atoms with Crippen LogP contribution in [0.15, 0.2) is 0 Å². The van der Waals surface area contributed by atoms with E-state index < -0.39 is 22.1 Å². The van der Waals surface area contributed by atoms with Gasteiger partial charge in [-0.15, -0.1) is 17.9 Å². The zero-order valence-corrected chi connectivity index (χ0v) is 42.1. The Labute approximate surface area is 418 Å². The normalized spacial score (nSPS) is 22.9. The highest BCUT2D eigenvalue weighted by atomic mass is 35.6. The van der Waals surface area contributed by atoms with E-state index in [2.05, 4.69) is 62.4 Å². The van der Waals surface area contributed by atoms with Crippen LogP contribution in [0.5, 0.6) is 0 Å². The Morgan fingerprint density at radius 3 is 1.82 bits per heavy atom. The maximum Gasteiger partial charge on any atom is 0.333 e. The van der Waals surface area contributed by atoms with Gasteiger partial charge in [0.1, 0.15) is 0 Å². The van der Waals surface area contributed by atoms with Gasteiger partial charge in [0.25, 0.3) is 11.8 Å². The number of carbonyl (C=O) groups is 8. The Morgan fingerprint density at radius 1 is 0.746 bits per heavy atom. The molecule has 5 rings (SSSR count). The van der Waals surface area contributed by atoms with E-state index in [0.29, 0.717) is 60.9 Å². The van der Waals surface area contributed by atoms with Crippen LogP contribution in [0.25, 0.3) is 0 Å². The van der Waals surface area contributed by atoms with Gasteiger partial charge in [-0.1, -0.05) is 72.3 Å². The SMILES string of the molecule is C#CCN.C#CCNC(=O)CCCCCNC(=O)CCCCC1SC[C@]2(C)NC(=O)N[C@H]12.ClC(Cl)Cl.O=C(CCCCC1SC[C@@H]2NC(=O)N[C@H]12)NCCCCCC(=O)ON1C(=O)CCC1=O. The third-order valence-electron chi connectivity index (χ3n) is 11.1. The van der Waals surface area contributed by atoms with Gasteiger partial charge in [-0.3, -0.25) is 24.0 Å². The average molecular weight is 1040 g/mol. The second-order valence-electron chi connectivity index (χ2n) is 16.5. The standard InChI is InChI=1S/C20H30N4O6S.C20H32N4O3S.C3H5N.CHCl3/c25-15(7-4-3-6-14-19-13(12-31-14)22-20(29)23-19)21-11-5-1-2-8-18(28)30-24-16(26)9-10-17(24)27;1-3-12-21-16(25)10-5-4-8-13-22-17(26)11-7-6-9-15-18-20(2,14-28-15)24-19(27)23-18;1-2-3-4;2-1(3)4/h13-14,19H,1-12H2,(H,21,25)(H2,22,23,29);1,15,18H,4-14H2,2H3,(H,21,25)(H,22,26)(H2,23,24,27);1H,3-4H2;1H/t13-,14?,19-;15?,18-,20+;;/m01../s1. The third kappa shape index (κ3) is 24.4. The number of fused-ring (bicyclic) bond motifs is 2. The van der Waals surface area contributed by atoms with Gasteiger partial charge in [0, 0.05) is 73.6 Å². The van der Waals surface area contributed by atoms with Crippen molar-refractivity contribution in [1.82, 2.24) is 42.3 Å². The average Bonchev–Trinajstić information content (AvgIpc) is 4.07. The maximum absolute atomic E-state index is 11.9. The second kappa shape index (κ2) is 33.7. The summed E-state index contributed by atoms with van der Waals surface area (Å²) in [6.45, 7) is 3.93. The number of nitrogens with two attached hydrogens (primary N) is 1. The first-order valence-corrected chi connectivity index (χ1v) is 26.2. The molecule has 5 aliphatic rings. The maximum atomic E-state index is 11.9. The van der Waals surface area contributed by atoms with Gasteiger partial charge in [-0.25, -0.2) is 14.4 Å². The number of terminal acetylenes is 2. The van der Waals surface area contributed by atoms with Gasteiger partial charge in [0.15, 0.2) is 4.30 Å². The molecule has 6 atom stereocenters. The van der Waals surface area contributed by atoms with E-state index >= 15 is 0 Å². The van der Waals surface area contributed by atoms with E-state index in [1.807, 2.05) is 23.5 Å². The molecule has 0 saturated carbocycles. The van der Waals surface area contributed by atoms with E-state index in [1.165, 1.54) is 0 Å². The molecule has 0 aliphatic carbocycles. The van der Waals surface area contributed by atoms with Crippen molar-refractivity contribution in [2.45, 2.75) is 161 Å². The van der Waals surface area contributed by atoms with Gasteiger partial charge < -0.3 is 47.8 Å². The molecule has 0 spiro atoms. The van der Waals surface area contributed by atoms with E-state index in [1.54, 1.807) is 0 Å². The predicted octanol–water partition coefficient (Wildman–Crippen LogP) is 4.09. The van der Waals surface area contributed by atoms with Crippen LogP contribution in [0.2, 0.25) is 0 Å². The molecule has 9 N–H and O–H groups in total. The summed E-state index contributed by atoms with van der Waals surface area (Å²) in [5, 5.41) is 21.8. The highest BCUT2D eigenvalue weighted by Crippen LogP contribution is 2.39. The summed E-state index contributed by atoms with van der Waals surface area (Å²) in [5.74, 6) is 5.02. The second-order valence-corrected chi connectivity index (χ2v) is 20.9. The lowest BCUT2D eigenvalue weighted by atomic mass is 9.92. The smallest absolute Gasteiger partial charge is 0.333 e. The van der Waals surface area contributed by atoms with Crippen LogP contribution in [0.1, 0.15) is 122 Å². The number of halogens is 3. The summed E-state index contributed by atoms with van der Waals surface area (Å²) in [6.07, 6.45) is 21.8. The lowest BCUT2D eigenvalue weighted by Gasteiger charge is -2.23. The number of hydrogen-bond acceptors (Lipinski definition) is 12. The summed E-state index contributed by atoms with van der Waals surface area (Å²) in [6, 6.07) is 0.490. The largest absolute Gasteiger partial charge is 0.356 e.